The Hall–Kier alpha value is -6.01. The van der Waals surface area contributed by atoms with Crippen LogP contribution in [-0.4, -0.2) is 0 Å². The zero-order valence-electron chi connectivity index (χ0n) is 27.4. The van der Waals surface area contributed by atoms with Crippen molar-refractivity contribution >= 4 is 88.2 Å². The third-order valence-corrected chi connectivity index (χ3v) is 11.6. The molecule has 1 aromatic heterocycles. The Kier molecular flexibility index (Phi) is 7.26. The van der Waals surface area contributed by atoms with E-state index in [1.807, 2.05) is 23.5 Å². The van der Waals surface area contributed by atoms with Crippen molar-refractivity contribution in [1.82, 2.24) is 0 Å². The topological polar surface area (TPSA) is 15.7 Å². The smallest absolute Gasteiger partial charge is 0.143 e. The Morgan fingerprint density at radius 1 is 0.353 bits per heavy atom. The van der Waals surface area contributed by atoms with Crippen molar-refractivity contribution in [3.63, 3.8) is 0 Å². The minimum Gasteiger partial charge on any atom is -0.455 e. The van der Waals surface area contributed by atoms with E-state index in [1.54, 1.807) is 11.8 Å². The zero-order chi connectivity index (χ0) is 33.7. The van der Waals surface area contributed by atoms with Crippen LogP contribution in [0.5, 0.6) is 11.5 Å². The summed E-state index contributed by atoms with van der Waals surface area (Å²) in [5.74, 6) is 1.72. The van der Waals surface area contributed by atoms with E-state index in [4.69, 9.17) is 4.74 Å². The number of thiophene rings is 1. The van der Waals surface area contributed by atoms with Crippen molar-refractivity contribution in [2.24, 2.45) is 0 Å². The lowest BCUT2D eigenvalue weighted by atomic mass is 10.1. The fourth-order valence-electron chi connectivity index (χ4n) is 7.05. The predicted octanol–water partition coefficient (Wildman–Crippen LogP) is 14.4. The van der Waals surface area contributed by atoms with Crippen LogP contribution in [0.4, 0.5) is 34.1 Å². The number of fused-ring (bicyclic) bond motifs is 6. The van der Waals surface area contributed by atoms with Gasteiger partial charge in [-0.1, -0.05) is 96.7 Å². The molecule has 3 nitrogen and oxygen atoms in total. The maximum absolute atomic E-state index is 6.65. The highest BCUT2D eigenvalue weighted by atomic mass is 32.2. The second kappa shape index (κ2) is 12.4. The molecule has 51 heavy (non-hydrogen) atoms. The number of ether oxygens (including phenoxy) is 1. The highest BCUT2D eigenvalue weighted by Gasteiger charge is 2.23. The maximum Gasteiger partial charge on any atom is 0.143 e. The molecule has 0 saturated carbocycles. The van der Waals surface area contributed by atoms with Gasteiger partial charge >= 0.3 is 0 Å². The molecule has 242 valence electrons. The van der Waals surface area contributed by atoms with Gasteiger partial charge in [-0.25, -0.2) is 0 Å². The second-order valence-corrected chi connectivity index (χ2v) is 14.8. The predicted molar refractivity (Wildman–Crippen MR) is 217 cm³/mol. The summed E-state index contributed by atoms with van der Waals surface area (Å²) in [6.07, 6.45) is 0. The summed E-state index contributed by atoms with van der Waals surface area (Å²) in [6, 6.07) is 64.8. The molecule has 1 aliphatic rings. The molecule has 0 radical (unpaired) electrons. The average molecular weight is 691 g/mol. The van der Waals surface area contributed by atoms with Crippen LogP contribution in [0.25, 0.3) is 30.9 Å². The summed E-state index contributed by atoms with van der Waals surface area (Å²) in [5.41, 5.74) is 6.56. The van der Waals surface area contributed by atoms with Crippen molar-refractivity contribution in [2.75, 3.05) is 9.80 Å². The van der Waals surface area contributed by atoms with Gasteiger partial charge in [0.1, 0.15) is 11.5 Å². The molecule has 2 heterocycles. The molecule has 0 saturated heterocycles. The lowest BCUT2D eigenvalue weighted by Crippen LogP contribution is -2.11. The fourth-order valence-corrected chi connectivity index (χ4v) is 9.19. The first kappa shape index (κ1) is 29.9. The normalized spacial score (nSPS) is 12.0. The number of para-hydroxylation sites is 3. The third-order valence-electron chi connectivity index (χ3n) is 9.44. The SMILES string of the molecule is c1ccc(N(c2ccccc2)c2ccc3c(c2)Oc2ccc(N(c4ccccc4)c4ccc5c(c4)sc4cc6ccccc6cc45)cc2S3)cc1. The van der Waals surface area contributed by atoms with Gasteiger partial charge in [0.2, 0.25) is 0 Å². The molecule has 0 fully saturated rings. The van der Waals surface area contributed by atoms with E-state index < -0.39 is 0 Å². The monoisotopic (exact) mass is 690 g/mol. The van der Waals surface area contributed by atoms with Gasteiger partial charge in [-0.15, -0.1) is 11.3 Å². The molecular weight excluding hydrogens is 661 g/mol. The molecule has 0 unspecified atom stereocenters. The first-order valence-electron chi connectivity index (χ1n) is 17.0. The Morgan fingerprint density at radius 3 is 1.57 bits per heavy atom. The van der Waals surface area contributed by atoms with Crippen molar-refractivity contribution < 1.29 is 4.74 Å². The summed E-state index contributed by atoms with van der Waals surface area (Å²) < 4.78 is 9.23. The molecule has 8 aromatic carbocycles. The van der Waals surface area contributed by atoms with E-state index in [2.05, 4.69) is 180 Å². The summed E-state index contributed by atoms with van der Waals surface area (Å²) in [7, 11) is 0. The third kappa shape index (κ3) is 5.39. The van der Waals surface area contributed by atoms with Gasteiger partial charge in [0, 0.05) is 60.4 Å². The standard InChI is InChI=1S/C46H30N2OS2/c1-4-14-33(15-5-1)47(34-16-6-2-7-17-34)36-22-25-43-42(28-36)49-41-24-21-38(30-46(41)50-43)48(35-18-8-3-9-19-35)37-20-23-39-40-26-31-12-10-11-13-32(31)27-44(40)51-45(39)29-37/h1-30H. The quantitative estimate of drug-likeness (QED) is 0.172. The van der Waals surface area contributed by atoms with Gasteiger partial charge in [-0.3, -0.25) is 0 Å². The summed E-state index contributed by atoms with van der Waals surface area (Å²) in [6.45, 7) is 0. The lowest BCUT2D eigenvalue weighted by molar-refractivity contribution is 0.455. The molecule has 0 N–H and O–H groups in total. The highest BCUT2D eigenvalue weighted by Crippen LogP contribution is 2.51. The Morgan fingerprint density at radius 2 is 0.882 bits per heavy atom. The molecule has 0 aliphatic carbocycles. The van der Waals surface area contributed by atoms with Crippen molar-refractivity contribution in [1.29, 1.82) is 0 Å². The fraction of sp³-hybridized carbons (Fsp3) is 0. The van der Waals surface area contributed by atoms with Crippen molar-refractivity contribution in [2.45, 2.75) is 9.79 Å². The molecule has 0 bridgehead atoms. The Bertz CT molecular complexity index is 2670. The second-order valence-electron chi connectivity index (χ2n) is 12.6. The number of nitrogens with zero attached hydrogens (tertiary/aromatic N) is 2. The van der Waals surface area contributed by atoms with Gasteiger partial charge in [0.05, 0.1) is 9.79 Å². The summed E-state index contributed by atoms with van der Waals surface area (Å²) in [5, 5.41) is 5.15. The molecule has 9 aromatic rings. The van der Waals surface area contributed by atoms with Crippen molar-refractivity contribution in [3.05, 3.63) is 182 Å². The number of hydrogen-bond donors (Lipinski definition) is 0. The van der Waals surface area contributed by atoms with Crippen LogP contribution in [-0.2, 0) is 0 Å². The summed E-state index contributed by atoms with van der Waals surface area (Å²) >= 11 is 3.61. The zero-order valence-corrected chi connectivity index (χ0v) is 29.1. The van der Waals surface area contributed by atoms with Crippen LogP contribution in [0, 0.1) is 0 Å². The number of rotatable bonds is 6. The van der Waals surface area contributed by atoms with Gasteiger partial charge in [-0.2, -0.15) is 0 Å². The molecule has 1 aliphatic heterocycles. The first-order valence-corrected chi connectivity index (χ1v) is 18.6. The van der Waals surface area contributed by atoms with E-state index in [0.717, 1.165) is 55.4 Å². The van der Waals surface area contributed by atoms with E-state index in [1.165, 1.54) is 30.9 Å². The van der Waals surface area contributed by atoms with Gasteiger partial charge in [0.15, 0.2) is 0 Å². The van der Waals surface area contributed by atoms with E-state index >= 15 is 0 Å². The average Bonchev–Trinajstić information content (AvgIpc) is 3.54. The molecular formula is C46H30N2OS2. The van der Waals surface area contributed by atoms with Crippen LogP contribution in [0.2, 0.25) is 0 Å². The van der Waals surface area contributed by atoms with E-state index in [-0.39, 0.29) is 0 Å². The van der Waals surface area contributed by atoms with E-state index in [0.29, 0.717) is 0 Å². The molecule has 0 atom stereocenters. The number of anilines is 6. The van der Waals surface area contributed by atoms with Crippen LogP contribution >= 0.6 is 23.1 Å². The molecule has 10 rings (SSSR count). The van der Waals surface area contributed by atoms with Crippen LogP contribution in [0.15, 0.2) is 192 Å². The first-order chi connectivity index (χ1) is 25.2. The minimum absolute atomic E-state index is 0.859. The number of hydrogen-bond acceptors (Lipinski definition) is 5. The molecule has 0 spiro atoms. The maximum atomic E-state index is 6.65. The van der Waals surface area contributed by atoms with Gasteiger partial charge in [-0.05, 0) is 102 Å². The van der Waals surface area contributed by atoms with Gasteiger partial charge < -0.3 is 14.5 Å². The highest BCUT2D eigenvalue weighted by molar-refractivity contribution is 7.99. The lowest BCUT2D eigenvalue weighted by Gasteiger charge is -2.29. The number of benzene rings is 8. The van der Waals surface area contributed by atoms with Crippen LogP contribution < -0.4 is 14.5 Å². The van der Waals surface area contributed by atoms with Gasteiger partial charge in [0.25, 0.3) is 0 Å². The molecule has 5 heteroatoms. The summed E-state index contributed by atoms with van der Waals surface area (Å²) in [4.78, 5) is 6.79. The van der Waals surface area contributed by atoms with Crippen LogP contribution in [0.1, 0.15) is 0 Å². The van der Waals surface area contributed by atoms with Crippen molar-refractivity contribution in [3.8, 4) is 11.5 Å². The minimum atomic E-state index is 0.859. The molecule has 0 amide bonds. The largest absolute Gasteiger partial charge is 0.455 e. The Balaban J connectivity index is 1.02. The van der Waals surface area contributed by atoms with E-state index in [9.17, 15) is 0 Å². The Labute approximate surface area is 304 Å². The van der Waals surface area contributed by atoms with Crippen LogP contribution in [0.3, 0.4) is 0 Å².